The van der Waals surface area contributed by atoms with Gasteiger partial charge in [-0.3, -0.25) is 4.57 Å². The molecule has 0 unspecified atom stereocenters. The minimum atomic E-state index is 0.640. The van der Waals surface area contributed by atoms with Crippen LogP contribution in [0.2, 0.25) is 0 Å². The van der Waals surface area contributed by atoms with E-state index in [9.17, 15) is 0 Å². The van der Waals surface area contributed by atoms with Gasteiger partial charge in [0.15, 0.2) is 17.5 Å². The molecule has 0 atom stereocenters. The lowest BCUT2D eigenvalue weighted by Gasteiger charge is -2.10. The van der Waals surface area contributed by atoms with Gasteiger partial charge in [-0.25, -0.2) is 15.0 Å². The summed E-state index contributed by atoms with van der Waals surface area (Å²) in [5.41, 5.74) is 9.72. The van der Waals surface area contributed by atoms with E-state index >= 15 is 0 Å². The van der Waals surface area contributed by atoms with Gasteiger partial charge >= 0.3 is 0 Å². The summed E-state index contributed by atoms with van der Waals surface area (Å²) in [5, 5.41) is 2.43. The van der Waals surface area contributed by atoms with Crippen LogP contribution in [0.3, 0.4) is 0 Å². The molecule has 0 aliphatic heterocycles. The SMILES string of the molecule is c1ccc(-c2nc(-c3ccccc3)nc(-c3cccc(-c4c5c6ccccc6n(-c6ccccc6)c5n5ccccc45)c3)n2)cc1. The highest BCUT2D eigenvalue weighted by Gasteiger charge is 2.23. The maximum Gasteiger partial charge on any atom is 0.164 e. The minimum Gasteiger partial charge on any atom is -0.302 e. The lowest BCUT2D eigenvalue weighted by atomic mass is 9.99. The van der Waals surface area contributed by atoms with Crippen molar-refractivity contribution in [2.45, 2.75) is 0 Å². The molecule has 0 aliphatic carbocycles. The number of benzene rings is 5. The van der Waals surface area contributed by atoms with Crippen molar-refractivity contribution in [3.63, 3.8) is 0 Å². The number of para-hydroxylation sites is 2. The molecule has 0 amide bonds. The van der Waals surface area contributed by atoms with Gasteiger partial charge in [-0.15, -0.1) is 0 Å². The van der Waals surface area contributed by atoms with Crippen LogP contribution in [0.15, 0.2) is 164 Å². The number of aromatic nitrogens is 5. The van der Waals surface area contributed by atoms with Crippen molar-refractivity contribution >= 4 is 27.5 Å². The van der Waals surface area contributed by atoms with Gasteiger partial charge in [0, 0.05) is 44.9 Å². The van der Waals surface area contributed by atoms with Crippen molar-refractivity contribution in [3.05, 3.63) is 164 Å². The standard InChI is InChI=1S/C41H27N5/c1-4-15-28(16-5-1)38-42-39(29-17-6-2-7-18-29)44-40(43-38)31-20-14-19-30(27-31)36-35-25-12-13-26-45(35)41-37(36)33-23-10-11-24-34(33)46(41)32-21-8-3-9-22-32/h1-27H. The number of hydrogen-bond acceptors (Lipinski definition) is 3. The minimum absolute atomic E-state index is 0.640. The highest BCUT2D eigenvalue weighted by Crippen LogP contribution is 2.43. The normalized spacial score (nSPS) is 11.5. The molecule has 9 rings (SSSR count). The summed E-state index contributed by atoms with van der Waals surface area (Å²) in [7, 11) is 0. The van der Waals surface area contributed by atoms with Crippen LogP contribution in [0.4, 0.5) is 0 Å². The van der Waals surface area contributed by atoms with Crippen LogP contribution in [0.5, 0.6) is 0 Å². The number of nitrogens with zero attached hydrogens (tertiary/aromatic N) is 5. The predicted molar refractivity (Wildman–Crippen MR) is 187 cm³/mol. The Hall–Kier alpha value is -6.33. The fraction of sp³-hybridized carbons (Fsp3) is 0. The molecule has 0 bridgehead atoms. The van der Waals surface area contributed by atoms with Gasteiger partial charge in [0.05, 0.1) is 11.0 Å². The van der Waals surface area contributed by atoms with Crippen molar-refractivity contribution in [2.75, 3.05) is 0 Å². The molecular formula is C41H27N5. The molecule has 0 N–H and O–H groups in total. The average Bonchev–Trinajstić information content (AvgIpc) is 3.65. The molecule has 0 radical (unpaired) electrons. The fourth-order valence-electron chi connectivity index (χ4n) is 6.54. The number of pyridine rings is 1. The monoisotopic (exact) mass is 589 g/mol. The molecule has 0 aliphatic rings. The molecule has 0 saturated heterocycles. The molecule has 5 heteroatoms. The highest BCUT2D eigenvalue weighted by molar-refractivity contribution is 6.19. The van der Waals surface area contributed by atoms with E-state index in [1.165, 1.54) is 21.9 Å². The van der Waals surface area contributed by atoms with E-state index in [1.807, 2.05) is 60.7 Å². The van der Waals surface area contributed by atoms with Crippen LogP contribution >= 0.6 is 0 Å². The number of rotatable bonds is 5. The second-order valence-corrected chi connectivity index (χ2v) is 11.3. The van der Waals surface area contributed by atoms with Gasteiger partial charge in [-0.1, -0.05) is 121 Å². The van der Waals surface area contributed by atoms with E-state index in [0.29, 0.717) is 17.5 Å². The van der Waals surface area contributed by atoms with Gasteiger partial charge in [0.1, 0.15) is 5.65 Å². The smallest absolute Gasteiger partial charge is 0.164 e. The van der Waals surface area contributed by atoms with Crippen LogP contribution in [0, 0.1) is 0 Å². The lowest BCUT2D eigenvalue weighted by Crippen LogP contribution is -2.00. The molecule has 0 fully saturated rings. The number of fused-ring (bicyclic) bond motifs is 5. The molecular weight excluding hydrogens is 562 g/mol. The Balaban J connectivity index is 1.30. The van der Waals surface area contributed by atoms with Crippen LogP contribution < -0.4 is 0 Å². The Morgan fingerprint density at radius 2 is 0.935 bits per heavy atom. The van der Waals surface area contributed by atoms with E-state index in [4.69, 9.17) is 15.0 Å². The first kappa shape index (κ1) is 26.1. The molecule has 46 heavy (non-hydrogen) atoms. The van der Waals surface area contributed by atoms with E-state index in [1.54, 1.807) is 0 Å². The highest BCUT2D eigenvalue weighted by atomic mass is 15.1. The maximum atomic E-state index is 5.01. The Labute approximate surface area is 265 Å². The largest absolute Gasteiger partial charge is 0.302 e. The van der Waals surface area contributed by atoms with Gasteiger partial charge in [-0.2, -0.15) is 0 Å². The summed E-state index contributed by atoms with van der Waals surface area (Å²) in [4.78, 5) is 14.9. The van der Waals surface area contributed by atoms with Crippen molar-refractivity contribution < 1.29 is 0 Å². The summed E-state index contributed by atoms with van der Waals surface area (Å²) >= 11 is 0. The van der Waals surface area contributed by atoms with E-state index in [-0.39, 0.29) is 0 Å². The molecule has 5 aromatic carbocycles. The third kappa shape index (κ3) is 4.21. The average molecular weight is 590 g/mol. The van der Waals surface area contributed by atoms with Crippen LogP contribution in [0.25, 0.3) is 78.4 Å². The lowest BCUT2D eigenvalue weighted by molar-refractivity contribution is 1.07. The third-order valence-corrected chi connectivity index (χ3v) is 8.57. The van der Waals surface area contributed by atoms with Crippen molar-refractivity contribution in [1.82, 2.24) is 23.9 Å². The van der Waals surface area contributed by atoms with Crippen molar-refractivity contribution in [3.8, 4) is 51.0 Å². The Bertz CT molecular complexity index is 2450. The molecule has 4 aromatic heterocycles. The van der Waals surface area contributed by atoms with Crippen molar-refractivity contribution in [1.29, 1.82) is 0 Å². The van der Waals surface area contributed by atoms with Gasteiger partial charge < -0.3 is 4.40 Å². The zero-order chi connectivity index (χ0) is 30.5. The summed E-state index contributed by atoms with van der Waals surface area (Å²) in [5.74, 6) is 1.94. The van der Waals surface area contributed by atoms with Crippen LogP contribution in [-0.2, 0) is 0 Å². The summed E-state index contributed by atoms with van der Waals surface area (Å²) in [6, 6.07) is 54.5. The zero-order valence-corrected chi connectivity index (χ0v) is 24.8. The van der Waals surface area contributed by atoms with E-state index in [2.05, 4.69) is 112 Å². The molecule has 9 aromatic rings. The van der Waals surface area contributed by atoms with Crippen LogP contribution in [-0.4, -0.2) is 23.9 Å². The Morgan fingerprint density at radius 1 is 0.413 bits per heavy atom. The third-order valence-electron chi connectivity index (χ3n) is 8.57. The second kappa shape index (κ2) is 10.7. The molecule has 0 spiro atoms. The van der Waals surface area contributed by atoms with E-state index < -0.39 is 0 Å². The molecule has 0 saturated carbocycles. The first-order valence-electron chi connectivity index (χ1n) is 15.4. The molecule has 5 nitrogen and oxygen atoms in total. The topological polar surface area (TPSA) is 48.0 Å². The number of hydrogen-bond donors (Lipinski definition) is 0. The second-order valence-electron chi connectivity index (χ2n) is 11.3. The van der Waals surface area contributed by atoms with Gasteiger partial charge in [0.2, 0.25) is 0 Å². The van der Waals surface area contributed by atoms with Crippen LogP contribution in [0.1, 0.15) is 0 Å². The summed E-state index contributed by atoms with van der Waals surface area (Å²) in [6.45, 7) is 0. The Morgan fingerprint density at radius 3 is 1.63 bits per heavy atom. The quantitative estimate of drug-likeness (QED) is 0.201. The first-order chi connectivity index (χ1) is 22.8. The molecule has 4 heterocycles. The van der Waals surface area contributed by atoms with Gasteiger partial charge in [0.25, 0.3) is 0 Å². The van der Waals surface area contributed by atoms with E-state index in [0.717, 1.165) is 39.1 Å². The molecule has 216 valence electrons. The Kier molecular flexibility index (Phi) is 6.06. The fourth-order valence-corrected chi connectivity index (χ4v) is 6.54. The first-order valence-corrected chi connectivity index (χ1v) is 15.4. The summed E-state index contributed by atoms with van der Waals surface area (Å²) < 4.78 is 4.68. The summed E-state index contributed by atoms with van der Waals surface area (Å²) in [6.07, 6.45) is 2.16. The predicted octanol–water partition coefficient (Wildman–Crippen LogP) is 9.89. The van der Waals surface area contributed by atoms with Crippen molar-refractivity contribution in [2.24, 2.45) is 0 Å². The zero-order valence-electron chi connectivity index (χ0n) is 24.8. The van der Waals surface area contributed by atoms with Gasteiger partial charge in [-0.05, 0) is 42.0 Å². The maximum absolute atomic E-state index is 5.01.